The van der Waals surface area contributed by atoms with Crippen molar-refractivity contribution in [3.8, 4) is 0 Å². The highest BCUT2D eigenvalue weighted by molar-refractivity contribution is 5.94. The summed E-state index contributed by atoms with van der Waals surface area (Å²) in [5.41, 5.74) is 8.43. The van der Waals surface area contributed by atoms with E-state index in [9.17, 15) is 9.59 Å². The molecule has 1 aliphatic rings. The van der Waals surface area contributed by atoms with Gasteiger partial charge in [0.15, 0.2) is 0 Å². The Morgan fingerprint density at radius 3 is 2.67 bits per heavy atom. The second kappa shape index (κ2) is 9.64. The molecular weight excluding hydrogens is 326 g/mol. The van der Waals surface area contributed by atoms with Crippen LogP contribution in [0.15, 0.2) is 18.2 Å². The Morgan fingerprint density at radius 1 is 1.25 bits per heavy atom. The summed E-state index contributed by atoms with van der Waals surface area (Å²) in [4.78, 5) is 26.4. The molecule has 0 bridgehead atoms. The molecule has 1 atom stereocenters. The van der Waals surface area contributed by atoms with Gasteiger partial charge in [0.1, 0.15) is 0 Å². The third-order valence-electron chi connectivity index (χ3n) is 4.55. The predicted octanol–water partition coefficient (Wildman–Crippen LogP) is 2.18. The van der Waals surface area contributed by atoms with E-state index in [0.29, 0.717) is 19.5 Å². The monoisotopic (exact) mass is 353 g/mol. The van der Waals surface area contributed by atoms with E-state index in [1.807, 2.05) is 36.9 Å². The molecule has 3 N–H and O–H groups in total. The van der Waals surface area contributed by atoms with Gasteiger partial charge in [-0.1, -0.05) is 6.07 Å². The standard InChI is InChI=1S/C18H27N3O2.ClH/c1-13-6-7-15(11-14(13)2)18(23)21-10-4-3-5-16(21)12-20-17(22)8-9-19;/h6-7,11,16H,3-5,8-10,12,19H2,1-2H3,(H,20,22);1H. The molecule has 1 fully saturated rings. The van der Waals surface area contributed by atoms with Crippen LogP contribution in [0.3, 0.4) is 0 Å². The Hall–Kier alpha value is -1.59. The number of likely N-dealkylation sites (tertiary alicyclic amines) is 1. The van der Waals surface area contributed by atoms with E-state index in [-0.39, 0.29) is 30.3 Å². The van der Waals surface area contributed by atoms with Crippen molar-refractivity contribution in [1.29, 1.82) is 0 Å². The lowest BCUT2D eigenvalue weighted by atomic mass is 9.99. The van der Waals surface area contributed by atoms with Gasteiger partial charge in [-0.3, -0.25) is 9.59 Å². The SMILES string of the molecule is Cc1ccc(C(=O)N2CCCCC2CNC(=O)CCN)cc1C.Cl. The highest BCUT2D eigenvalue weighted by Crippen LogP contribution is 2.20. The van der Waals surface area contributed by atoms with E-state index in [0.717, 1.165) is 36.9 Å². The molecule has 2 amide bonds. The first-order valence-electron chi connectivity index (χ1n) is 8.38. The number of hydrogen-bond donors (Lipinski definition) is 2. The number of nitrogens with one attached hydrogen (secondary N) is 1. The normalized spacial score (nSPS) is 17.1. The molecule has 5 nitrogen and oxygen atoms in total. The van der Waals surface area contributed by atoms with Crippen LogP contribution in [0, 0.1) is 13.8 Å². The summed E-state index contributed by atoms with van der Waals surface area (Å²) in [6.07, 6.45) is 3.37. The molecule has 1 aromatic carbocycles. The van der Waals surface area contributed by atoms with E-state index in [2.05, 4.69) is 5.32 Å². The number of carbonyl (C=O) groups is 2. The summed E-state index contributed by atoms with van der Waals surface area (Å²) >= 11 is 0. The molecule has 0 aliphatic carbocycles. The van der Waals surface area contributed by atoms with Crippen LogP contribution in [0.25, 0.3) is 0 Å². The zero-order chi connectivity index (χ0) is 16.8. The molecule has 1 heterocycles. The maximum atomic E-state index is 12.8. The third-order valence-corrected chi connectivity index (χ3v) is 4.55. The Morgan fingerprint density at radius 2 is 2.00 bits per heavy atom. The predicted molar refractivity (Wildman–Crippen MR) is 98.5 cm³/mol. The van der Waals surface area contributed by atoms with Gasteiger partial charge in [-0.2, -0.15) is 0 Å². The minimum Gasteiger partial charge on any atom is -0.354 e. The van der Waals surface area contributed by atoms with Gasteiger partial charge in [-0.25, -0.2) is 0 Å². The molecule has 0 radical (unpaired) electrons. The van der Waals surface area contributed by atoms with Crippen molar-refractivity contribution in [2.75, 3.05) is 19.6 Å². The zero-order valence-electron chi connectivity index (χ0n) is 14.5. The maximum Gasteiger partial charge on any atom is 0.254 e. The van der Waals surface area contributed by atoms with Gasteiger partial charge >= 0.3 is 0 Å². The van der Waals surface area contributed by atoms with Crippen molar-refractivity contribution >= 4 is 24.2 Å². The molecule has 24 heavy (non-hydrogen) atoms. The molecule has 1 aromatic rings. The first kappa shape index (κ1) is 20.5. The summed E-state index contributed by atoms with van der Waals surface area (Å²) in [6.45, 7) is 5.67. The average Bonchev–Trinajstić information content (AvgIpc) is 2.55. The van der Waals surface area contributed by atoms with Crippen LogP contribution in [0.1, 0.15) is 47.2 Å². The molecule has 1 saturated heterocycles. The Balaban J connectivity index is 0.00000288. The fourth-order valence-corrected chi connectivity index (χ4v) is 2.97. The summed E-state index contributed by atoms with van der Waals surface area (Å²) < 4.78 is 0. The van der Waals surface area contributed by atoms with Gasteiger partial charge in [-0.05, 0) is 56.4 Å². The molecule has 6 heteroatoms. The molecule has 1 unspecified atom stereocenters. The number of hydrogen-bond acceptors (Lipinski definition) is 3. The molecule has 2 rings (SSSR count). The van der Waals surface area contributed by atoms with Gasteiger partial charge in [-0.15, -0.1) is 12.4 Å². The highest BCUT2D eigenvalue weighted by atomic mass is 35.5. The summed E-state index contributed by atoms with van der Waals surface area (Å²) in [5.74, 6) is 0.0162. The number of carbonyl (C=O) groups excluding carboxylic acids is 2. The van der Waals surface area contributed by atoms with Gasteiger partial charge in [0.05, 0.1) is 0 Å². The van der Waals surface area contributed by atoms with Crippen molar-refractivity contribution in [3.63, 3.8) is 0 Å². The Bertz CT molecular complexity index is 577. The molecule has 134 valence electrons. The number of halogens is 1. The van der Waals surface area contributed by atoms with E-state index in [4.69, 9.17) is 5.73 Å². The minimum atomic E-state index is -0.0448. The molecule has 0 aromatic heterocycles. The van der Waals surface area contributed by atoms with Crippen molar-refractivity contribution in [1.82, 2.24) is 10.2 Å². The molecule has 1 aliphatic heterocycles. The van der Waals surface area contributed by atoms with Crippen LogP contribution in [-0.4, -0.2) is 42.4 Å². The average molecular weight is 354 g/mol. The third kappa shape index (κ3) is 5.21. The zero-order valence-corrected chi connectivity index (χ0v) is 15.3. The number of nitrogens with two attached hydrogens (primary N) is 1. The number of benzene rings is 1. The van der Waals surface area contributed by atoms with Crippen molar-refractivity contribution in [2.45, 2.75) is 45.6 Å². The van der Waals surface area contributed by atoms with Crippen molar-refractivity contribution in [3.05, 3.63) is 34.9 Å². The second-order valence-corrected chi connectivity index (χ2v) is 6.29. The first-order valence-corrected chi connectivity index (χ1v) is 8.38. The lowest BCUT2D eigenvalue weighted by molar-refractivity contribution is -0.121. The van der Waals surface area contributed by atoms with E-state index < -0.39 is 0 Å². The smallest absolute Gasteiger partial charge is 0.254 e. The second-order valence-electron chi connectivity index (χ2n) is 6.29. The number of rotatable bonds is 5. The first-order chi connectivity index (χ1) is 11.0. The van der Waals surface area contributed by atoms with Crippen LogP contribution in [0.5, 0.6) is 0 Å². The fraction of sp³-hybridized carbons (Fsp3) is 0.556. The van der Waals surface area contributed by atoms with Crippen LogP contribution < -0.4 is 11.1 Å². The summed E-state index contributed by atoms with van der Waals surface area (Å²) in [6, 6.07) is 5.91. The summed E-state index contributed by atoms with van der Waals surface area (Å²) in [5, 5.41) is 2.90. The van der Waals surface area contributed by atoms with E-state index in [1.54, 1.807) is 0 Å². The largest absolute Gasteiger partial charge is 0.354 e. The highest BCUT2D eigenvalue weighted by Gasteiger charge is 2.27. The number of piperidine rings is 1. The van der Waals surface area contributed by atoms with Crippen molar-refractivity contribution < 1.29 is 9.59 Å². The van der Waals surface area contributed by atoms with E-state index in [1.165, 1.54) is 5.56 Å². The van der Waals surface area contributed by atoms with Gasteiger partial charge < -0.3 is 16.0 Å². The van der Waals surface area contributed by atoms with E-state index >= 15 is 0 Å². The van der Waals surface area contributed by atoms with Crippen LogP contribution in [-0.2, 0) is 4.79 Å². The maximum absolute atomic E-state index is 12.8. The quantitative estimate of drug-likeness (QED) is 0.852. The molecular formula is C18H28ClN3O2. The number of amides is 2. The summed E-state index contributed by atoms with van der Waals surface area (Å²) in [7, 11) is 0. The Labute approximate surface area is 150 Å². The Kier molecular flexibility index (Phi) is 8.22. The van der Waals surface area contributed by atoms with Crippen LogP contribution >= 0.6 is 12.4 Å². The molecule has 0 spiro atoms. The van der Waals surface area contributed by atoms with Crippen molar-refractivity contribution in [2.24, 2.45) is 5.73 Å². The van der Waals surface area contributed by atoms with Gasteiger partial charge in [0, 0.05) is 37.7 Å². The van der Waals surface area contributed by atoms with Crippen LogP contribution in [0.4, 0.5) is 0 Å². The molecule has 0 saturated carbocycles. The van der Waals surface area contributed by atoms with Gasteiger partial charge in [0.2, 0.25) is 5.91 Å². The number of aryl methyl sites for hydroxylation is 2. The minimum absolute atomic E-state index is 0. The van der Waals surface area contributed by atoms with Gasteiger partial charge in [0.25, 0.3) is 5.91 Å². The number of nitrogens with zero attached hydrogens (tertiary/aromatic N) is 1. The lowest BCUT2D eigenvalue weighted by Crippen LogP contribution is -2.49. The topological polar surface area (TPSA) is 75.4 Å². The van der Waals surface area contributed by atoms with Crippen LogP contribution in [0.2, 0.25) is 0 Å². The lowest BCUT2D eigenvalue weighted by Gasteiger charge is -2.36. The fourth-order valence-electron chi connectivity index (χ4n) is 2.97.